The van der Waals surface area contributed by atoms with Gasteiger partial charge in [-0.3, -0.25) is 10.2 Å². The van der Waals surface area contributed by atoms with Crippen LogP contribution in [0.15, 0.2) is 59.7 Å². The molecule has 0 aromatic heterocycles. The molecule has 0 spiro atoms. The van der Waals surface area contributed by atoms with Crippen molar-refractivity contribution in [2.45, 2.75) is 0 Å². The van der Waals surface area contributed by atoms with Crippen LogP contribution in [0.3, 0.4) is 0 Å². The molecule has 0 aliphatic heterocycles. The fourth-order valence-electron chi connectivity index (χ4n) is 1.66. The quantitative estimate of drug-likeness (QED) is 0.501. The largest absolute Gasteiger partial charge is 0.478 e. The van der Waals surface area contributed by atoms with Gasteiger partial charge >= 0.3 is 5.97 Å². The molecule has 0 heterocycles. The summed E-state index contributed by atoms with van der Waals surface area (Å²) in [6.07, 6.45) is 0. The van der Waals surface area contributed by atoms with E-state index in [1.54, 1.807) is 36.4 Å². The number of ketones is 1. The molecule has 2 rings (SSSR count). The van der Waals surface area contributed by atoms with Crippen molar-refractivity contribution < 1.29 is 14.7 Å². The van der Waals surface area contributed by atoms with Crippen LogP contribution in [0.2, 0.25) is 0 Å². The van der Waals surface area contributed by atoms with Crippen molar-refractivity contribution in [3.05, 3.63) is 65.7 Å². The van der Waals surface area contributed by atoms with E-state index in [-0.39, 0.29) is 11.3 Å². The average Bonchev–Trinajstić information content (AvgIpc) is 2.56. The second-order valence-electron chi connectivity index (χ2n) is 4.26. The Balaban J connectivity index is 2.15. The standard InChI is InChI=1S/C16H11N3O3/c17-10-14(15(20)11-4-2-1-3-5-11)19-18-13-8-6-12(7-9-13)16(21)22/h1-9,18H,(H,21,22)/b19-14+. The van der Waals surface area contributed by atoms with E-state index < -0.39 is 11.8 Å². The van der Waals surface area contributed by atoms with Crippen LogP contribution in [0.4, 0.5) is 5.69 Å². The van der Waals surface area contributed by atoms with Gasteiger partial charge in [0.25, 0.3) is 0 Å². The lowest BCUT2D eigenvalue weighted by Gasteiger charge is -2.02. The maximum atomic E-state index is 12.1. The molecule has 0 saturated heterocycles. The van der Waals surface area contributed by atoms with Gasteiger partial charge in [-0.1, -0.05) is 30.3 Å². The summed E-state index contributed by atoms with van der Waals surface area (Å²) in [6, 6.07) is 15.9. The first-order valence-electron chi connectivity index (χ1n) is 6.28. The summed E-state index contributed by atoms with van der Waals surface area (Å²) in [5.74, 6) is -1.52. The third kappa shape index (κ3) is 3.55. The van der Waals surface area contributed by atoms with E-state index in [0.717, 1.165) is 0 Å². The Morgan fingerprint density at radius 3 is 2.18 bits per heavy atom. The highest BCUT2D eigenvalue weighted by Gasteiger charge is 2.13. The Labute approximate surface area is 126 Å². The Bertz CT molecular complexity index is 759. The molecule has 0 saturated carbocycles. The molecule has 0 atom stereocenters. The number of nitriles is 1. The van der Waals surface area contributed by atoms with Crippen LogP contribution in [0, 0.1) is 11.3 Å². The lowest BCUT2D eigenvalue weighted by Crippen LogP contribution is -2.14. The zero-order valence-electron chi connectivity index (χ0n) is 11.4. The van der Waals surface area contributed by atoms with Crippen molar-refractivity contribution in [3.8, 4) is 6.07 Å². The number of nitrogens with zero attached hydrogens (tertiary/aromatic N) is 2. The Hall–Kier alpha value is -3.46. The number of anilines is 1. The first-order chi connectivity index (χ1) is 10.6. The molecule has 22 heavy (non-hydrogen) atoms. The second-order valence-corrected chi connectivity index (χ2v) is 4.26. The van der Waals surface area contributed by atoms with Crippen LogP contribution >= 0.6 is 0 Å². The molecule has 0 bridgehead atoms. The van der Waals surface area contributed by atoms with Crippen LogP contribution in [0.1, 0.15) is 20.7 Å². The van der Waals surface area contributed by atoms with Gasteiger partial charge in [0, 0.05) is 5.56 Å². The molecule has 0 radical (unpaired) electrons. The van der Waals surface area contributed by atoms with E-state index >= 15 is 0 Å². The van der Waals surface area contributed by atoms with Gasteiger partial charge in [-0.25, -0.2) is 4.79 Å². The normalized spacial score (nSPS) is 10.6. The van der Waals surface area contributed by atoms with Crippen LogP contribution in [-0.2, 0) is 0 Å². The molecule has 2 aromatic rings. The third-order valence-electron chi connectivity index (χ3n) is 2.79. The van der Waals surface area contributed by atoms with E-state index in [9.17, 15) is 9.59 Å². The van der Waals surface area contributed by atoms with E-state index in [1.165, 1.54) is 24.3 Å². The van der Waals surface area contributed by atoms with Crippen LogP contribution in [0.25, 0.3) is 0 Å². The van der Waals surface area contributed by atoms with Crippen molar-refractivity contribution >= 4 is 23.2 Å². The molecule has 6 heteroatoms. The molecule has 2 aromatic carbocycles. The SMILES string of the molecule is N#C/C(=N\Nc1ccc(C(=O)O)cc1)C(=O)c1ccccc1. The molecular formula is C16H11N3O3. The summed E-state index contributed by atoms with van der Waals surface area (Å²) in [6.45, 7) is 0. The Morgan fingerprint density at radius 2 is 1.64 bits per heavy atom. The minimum atomic E-state index is -1.04. The summed E-state index contributed by atoms with van der Waals surface area (Å²) < 4.78 is 0. The molecule has 0 aliphatic rings. The summed E-state index contributed by atoms with van der Waals surface area (Å²) in [7, 11) is 0. The van der Waals surface area contributed by atoms with Crippen molar-refractivity contribution in [1.29, 1.82) is 5.26 Å². The maximum Gasteiger partial charge on any atom is 0.335 e. The lowest BCUT2D eigenvalue weighted by molar-refractivity contribution is 0.0696. The minimum absolute atomic E-state index is 0.135. The molecular weight excluding hydrogens is 282 g/mol. The zero-order chi connectivity index (χ0) is 15.9. The van der Waals surface area contributed by atoms with Gasteiger partial charge in [0.2, 0.25) is 11.5 Å². The number of nitrogens with one attached hydrogen (secondary N) is 1. The Morgan fingerprint density at radius 1 is 1.00 bits per heavy atom. The van der Waals surface area contributed by atoms with Gasteiger partial charge in [-0.15, -0.1) is 0 Å². The van der Waals surface area contributed by atoms with E-state index in [2.05, 4.69) is 10.5 Å². The van der Waals surface area contributed by atoms with E-state index in [0.29, 0.717) is 11.3 Å². The van der Waals surface area contributed by atoms with Gasteiger partial charge in [-0.05, 0) is 24.3 Å². The maximum absolute atomic E-state index is 12.1. The fraction of sp³-hybridized carbons (Fsp3) is 0. The number of aromatic carboxylic acids is 1. The zero-order valence-corrected chi connectivity index (χ0v) is 11.4. The van der Waals surface area contributed by atoms with Crippen molar-refractivity contribution in [2.75, 3.05) is 5.43 Å². The summed E-state index contributed by atoms with van der Waals surface area (Å²) >= 11 is 0. The number of carbonyl (C=O) groups excluding carboxylic acids is 1. The number of hydrogen-bond acceptors (Lipinski definition) is 5. The highest BCUT2D eigenvalue weighted by Crippen LogP contribution is 2.10. The van der Waals surface area contributed by atoms with Crippen LogP contribution < -0.4 is 5.43 Å². The Kier molecular flexibility index (Phi) is 4.63. The average molecular weight is 293 g/mol. The lowest BCUT2D eigenvalue weighted by atomic mass is 10.1. The topological polar surface area (TPSA) is 103 Å². The predicted octanol–water partition coefficient (Wildman–Crippen LogP) is 2.56. The summed E-state index contributed by atoms with van der Waals surface area (Å²) in [5.41, 5.74) is 3.25. The second kappa shape index (κ2) is 6.81. The fourth-order valence-corrected chi connectivity index (χ4v) is 1.66. The van der Waals surface area contributed by atoms with Crippen molar-refractivity contribution in [2.24, 2.45) is 5.10 Å². The first kappa shape index (κ1) is 14.9. The molecule has 6 nitrogen and oxygen atoms in total. The van der Waals surface area contributed by atoms with Crippen LogP contribution in [-0.4, -0.2) is 22.6 Å². The summed E-state index contributed by atoms with van der Waals surface area (Å²) in [4.78, 5) is 22.8. The van der Waals surface area contributed by atoms with Gasteiger partial charge < -0.3 is 5.11 Å². The predicted molar refractivity (Wildman–Crippen MR) is 80.8 cm³/mol. The van der Waals surface area contributed by atoms with Gasteiger partial charge in [0.1, 0.15) is 6.07 Å². The third-order valence-corrected chi connectivity index (χ3v) is 2.79. The first-order valence-corrected chi connectivity index (χ1v) is 6.28. The number of Topliss-reactive ketones (excluding diaryl/α,β-unsaturated/α-hetero) is 1. The highest BCUT2D eigenvalue weighted by molar-refractivity contribution is 6.51. The highest BCUT2D eigenvalue weighted by atomic mass is 16.4. The number of carboxylic acids is 1. The molecule has 0 amide bonds. The number of hydrazone groups is 1. The number of carboxylic acid groups (broad SMARTS) is 1. The molecule has 0 fully saturated rings. The van der Waals surface area contributed by atoms with Crippen molar-refractivity contribution in [1.82, 2.24) is 0 Å². The van der Waals surface area contributed by atoms with Crippen LogP contribution in [0.5, 0.6) is 0 Å². The molecule has 0 unspecified atom stereocenters. The smallest absolute Gasteiger partial charge is 0.335 e. The van der Waals surface area contributed by atoms with Crippen molar-refractivity contribution in [3.63, 3.8) is 0 Å². The number of hydrogen-bond donors (Lipinski definition) is 2. The molecule has 2 N–H and O–H groups in total. The van der Waals surface area contributed by atoms with E-state index in [4.69, 9.17) is 10.4 Å². The molecule has 0 aliphatic carbocycles. The minimum Gasteiger partial charge on any atom is -0.478 e. The number of benzene rings is 2. The summed E-state index contributed by atoms with van der Waals surface area (Å²) in [5, 5.41) is 21.6. The monoisotopic (exact) mass is 293 g/mol. The van der Waals surface area contributed by atoms with Gasteiger partial charge in [-0.2, -0.15) is 10.4 Å². The number of carbonyl (C=O) groups is 2. The molecule has 108 valence electrons. The number of rotatable bonds is 5. The van der Waals surface area contributed by atoms with E-state index in [1.807, 2.05) is 0 Å². The van der Waals surface area contributed by atoms with Gasteiger partial charge in [0.05, 0.1) is 11.3 Å². The van der Waals surface area contributed by atoms with Gasteiger partial charge in [0.15, 0.2) is 0 Å².